The molecule has 0 aliphatic heterocycles. The Labute approximate surface area is 121 Å². The molecule has 0 saturated heterocycles. The van der Waals surface area contributed by atoms with Crippen LogP contribution in [0.2, 0.25) is 0 Å². The number of halogens is 2. The van der Waals surface area contributed by atoms with E-state index in [-0.39, 0.29) is 17.2 Å². The third-order valence-electron chi connectivity index (χ3n) is 3.46. The molecule has 1 aliphatic rings. The Kier molecular flexibility index (Phi) is 6.82. The fourth-order valence-electron chi connectivity index (χ4n) is 2.28. The first-order valence-electron chi connectivity index (χ1n) is 6.76. The highest BCUT2D eigenvalue weighted by Gasteiger charge is 2.24. The Balaban J connectivity index is 2.52. The summed E-state index contributed by atoms with van der Waals surface area (Å²) in [6.45, 7) is 3.43. The van der Waals surface area contributed by atoms with E-state index in [2.05, 4.69) is 5.32 Å². The van der Waals surface area contributed by atoms with Crippen LogP contribution >= 0.6 is 0 Å². The number of allylic oxidation sites excluding steroid dienone is 4. The molecular formula is C14H23F2NO2S. The second-order valence-corrected chi connectivity index (χ2v) is 6.55. The third-order valence-corrected chi connectivity index (χ3v) is 4.61. The standard InChI is InChI=1S/C14H23F2NO2S/c1-4-13(20(3)19)12(16)8-14(18)17-10-5-6-11(15)9(2)7-10/h4-5,9,11-12,14,17-18H,6-8H2,1-3H3/b13-4+/t9-,11?,12?,14?,20?/m1/s1. The van der Waals surface area contributed by atoms with Gasteiger partial charge < -0.3 is 10.4 Å². The average Bonchev–Trinajstić information content (AvgIpc) is 2.34. The van der Waals surface area contributed by atoms with Crippen molar-refractivity contribution in [1.82, 2.24) is 5.32 Å². The molecule has 0 aromatic rings. The Morgan fingerprint density at radius 3 is 2.85 bits per heavy atom. The molecule has 0 fully saturated rings. The Bertz CT molecular complexity index is 412. The van der Waals surface area contributed by atoms with Crippen LogP contribution in [0.25, 0.3) is 0 Å². The summed E-state index contributed by atoms with van der Waals surface area (Å²) in [6, 6.07) is 0. The molecule has 0 heterocycles. The molecule has 5 atom stereocenters. The minimum absolute atomic E-state index is 0.106. The quantitative estimate of drug-likeness (QED) is 0.742. The zero-order valence-electron chi connectivity index (χ0n) is 12.1. The van der Waals surface area contributed by atoms with Gasteiger partial charge in [-0.2, -0.15) is 0 Å². The topological polar surface area (TPSA) is 49.3 Å². The van der Waals surface area contributed by atoms with Crippen molar-refractivity contribution < 1.29 is 18.1 Å². The van der Waals surface area contributed by atoms with E-state index in [0.717, 1.165) is 5.70 Å². The molecule has 20 heavy (non-hydrogen) atoms. The van der Waals surface area contributed by atoms with Crippen LogP contribution in [-0.4, -0.2) is 34.1 Å². The maximum Gasteiger partial charge on any atom is 0.137 e. The molecule has 1 rings (SSSR count). The molecule has 0 aromatic carbocycles. The van der Waals surface area contributed by atoms with Gasteiger partial charge in [-0.05, 0) is 25.7 Å². The number of aliphatic hydroxyl groups is 1. The summed E-state index contributed by atoms with van der Waals surface area (Å²) in [5.74, 6) is -0.106. The first-order chi connectivity index (χ1) is 9.35. The SMILES string of the molecule is C/C=C(\C(F)CC(O)NC1=CCC(F)[C@H](C)C1)S(C)=O. The lowest BCUT2D eigenvalue weighted by molar-refractivity contribution is 0.110. The molecule has 0 spiro atoms. The van der Waals surface area contributed by atoms with E-state index < -0.39 is 29.4 Å². The Morgan fingerprint density at radius 1 is 1.70 bits per heavy atom. The normalized spacial score (nSPS) is 28.5. The number of hydrogen-bond donors (Lipinski definition) is 2. The molecule has 0 aromatic heterocycles. The lowest BCUT2D eigenvalue weighted by Crippen LogP contribution is -2.34. The van der Waals surface area contributed by atoms with Crippen LogP contribution in [0.5, 0.6) is 0 Å². The van der Waals surface area contributed by atoms with Gasteiger partial charge >= 0.3 is 0 Å². The summed E-state index contributed by atoms with van der Waals surface area (Å²) in [5, 5.41) is 12.6. The number of nitrogens with one attached hydrogen (secondary N) is 1. The Hall–Kier alpha value is -0.750. The van der Waals surface area contributed by atoms with E-state index in [0.29, 0.717) is 12.8 Å². The van der Waals surface area contributed by atoms with Crippen molar-refractivity contribution in [3.8, 4) is 0 Å². The van der Waals surface area contributed by atoms with Crippen LogP contribution in [0.15, 0.2) is 22.8 Å². The van der Waals surface area contributed by atoms with Crippen LogP contribution in [0.1, 0.15) is 33.1 Å². The summed E-state index contributed by atoms with van der Waals surface area (Å²) >= 11 is 0. The largest absolute Gasteiger partial charge is 0.374 e. The molecule has 0 radical (unpaired) electrons. The molecule has 6 heteroatoms. The van der Waals surface area contributed by atoms with E-state index in [1.807, 2.05) is 6.92 Å². The van der Waals surface area contributed by atoms with Gasteiger partial charge in [0, 0.05) is 34.1 Å². The first-order valence-corrected chi connectivity index (χ1v) is 8.32. The van der Waals surface area contributed by atoms with E-state index in [9.17, 15) is 18.1 Å². The highest BCUT2D eigenvalue weighted by Crippen LogP contribution is 2.25. The van der Waals surface area contributed by atoms with Gasteiger partial charge in [0.1, 0.15) is 18.6 Å². The predicted molar refractivity (Wildman–Crippen MR) is 77.9 cm³/mol. The van der Waals surface area contributed by atoms with Crippen molar-refractivity contribution in [2.24, 2.45) is 5.92 Å². The summed E-state index contributed by atoms with van der Waals surface area (Å²) in [7, 11) is -1.38. The highest BCUT2D eigenvalue weighted by molar-refractivity contribution is 7.88. The van der Waals surface area contributed by atoms with Gasteiger partial charge in [0.25, 0.3) is 0 Å². The van der Waals surface area contributed by atoms with Crippen molar-refractivity contribution in [2.45, 2.75) is 51.7 Å². The molecular weight excluding hydrogens is 284 g/mol. The average molecular weight is 307 g/mol. The maximum atomic E-state index is 13.9. The molecule has 0 amide bonds. The first kappa shape index (κ1) is 17.3. The highest BCUT2D eigenvalue weighted by atomic mass is 32.2. The van der Waals surface area contributed by atoms with Gasteiger partial charge in [-0.25, -0.2) is 8.78 Å². The second-order valence-electron chi connectivity index (χ2n) is 5.17. The lowest BCUT2D eigenvalue weighted by atomic mass is 9.92. The number of hydrogen-bond acceptors (Lipinski definition) is 3. The molecule has 1 aliphatic carbocycles. The molecule has 0 bridgehead atoms. The lowest BCUT2D eigenvalue weighted by Gasteiger charge is -2.26. The minimum atomic E-state index is -1.45. The monoisotopic (exact) mass is 307 g/mol. The number of aliphatic hydroxyl groups excluding tert-OH is 1. The van der Waals surface area contributed by atoms with Crippen molar-refractivity contribution in [2.75, 3.05) is 6.26 Å². The number of rotatable bonds is 6. The van der Waals surface area contributed by atoms with E-state index in [4.69, 9.17) is 0 Å². The summed E-state index contributed by atoms with van der Waals surface area (Å²) < 4.78 is 38.5. The molecule has 3 nitrogen and oxygen atoms in total. The number of alkyl halides is 2. The fraction of sp³-hybridized carbons (Fsp3) is 0.714. The van der Waals surface area contributed by atoms with Crippen LogP contribution in [-0.2, 0) is 10.8 Å². The van der Waals surface area contributed by atoms with Gasteiger partial charge in [0.05, 0.1) is 0 Å². The second kappa shape index (κ2) is 7.88. The van der Waals surface area contributed by atoms with Crippen molar-refractivity contribution in [3.63, 3.8) is 0 Å². The molecule has 2 N–H and O–H groups in total. The maximum absolute atomic E-state index is 13.9. The Morgan fingerprint density at radius 2 is 2.35 bits per heavy atom. The van der Waals surface area contributed by atoms with Crippen molar-refractivity contribution in [1.29, 1.82) is 0 Å². The van der Waals surface area contributed by atoms with Gasteiger partial charge in [0.15, 0.2) is 0 Å². The van der Waals surface area contributed by atoms with Gasteiger partial charge in [-0.15, -0.1) is 0 Å². The van der Waals surface area contributed by atoms with Gasteiger partial charge in [-0.3, -0.25) is 4.21 Å². The van der Waals surface area contributed by atoms with Crippen LogP contribution in [0.4, 0.5) is 8.78 Å². The molecule has 0 saturated carbocycles. The van der Waals surface area contributed by atoms with Gasteiger partial charge in [0.2, 0.25) is 0 Å². The van der Waals surface area contributed by atoms with E-state index in [1.165, 1.54) is 12.3 Å². The smallest absolute Gasteiger partial charge is 0.137 e. The third kappa shape index (κ3) is 4.98. The minimum Gasteiger partial charge on any atom is -0.374 e. The predicted octanol–water partition coefficient (Wildman–Crippen LogP) is 2.56. The fourth-order valence-corrected chi connectivity index (χ4v) is 3.06. The molecule has 4 unspecified atom stereocenters. The van der Waals surface area contributed by atoms with Crippen LogP contribution in [0.3, 0.4) is 0 Å². The summed E-state index contributed by atoms with van der Waals surface area (Å²) in [5.41, 5.74) is 0.741. The molecule has 116 valence electrons. The van der Waals surface area contributed by atoms with Crippen molar-refractivity contribution >= 4 is 10.8 Å². The van der Waals surface area contributed by atoms with Crippen LogP contribution in [0, 0.1) is 5.92 Å². The van der Waals surface area contributed by atoms with Crippen LogP contribution < -0.4 is 5.32 Å². The van der Waals surface area contributed by atoms with E-state index in [1.54, 1.807) is 13.0 Å². The summed E-state index contributed by atoms with van der Waals surface area (Å²) in [4.78, 5) is 0.181. The summed E-state index contributed by atoms with van der Waals surface area (Å²) in [6.07, 6.45) is 1.85. The van der Waals surface area contributed by atoms with Crippen molar-refractivity contribution in [3.05, 3.63) is 22.8 Å². The zero-order valence-corrected chi connectivity index (χ0v) is 12.9. The van der Waals surface area contributed by atoms with Gasteiger partial charge in [-0.1, -0.05) is 19.1 Å². The zero-order chi connectivity index (χ0) is 15.3. The van der Waals surface area contributed by atoms with E-state index >= 15 is 0 Å².